The first kappa shape index (κ1) is 30.3. The smallest absolute Gasteiger partial charge is 0.411 e. The lowest BCUT2D eigenvalue weighted by Gasteiger charge is -2.23. The van der Waals surface area contributed by atoms with Crippen molar-refractivity contribution in [1.82, 2.24) is 15.3 Å². The van der Waals surface area contributed by atoms with Crippen LogP contribution in [0.5, 0.6) is 0 Å². The van der Waals surface area contributed by atoms with Crippen LogP contribution in [0.25, 0.3) is 11.4 Å². The van der Waals surface area contributed by atoms with Crippen molar-refractivity contribution < 1.29 is 23.5 Å². The number of nitrogens with zero attached hydrogens (tertiary/aromatic N) is 2. The maximum absolute atomic E-state index is 14.5. The van der Waals surface area contributed by atoms with E-state index in [0.717, 1.165) is 5.01 Å². The average molecular weight is 599 g/mol. The number of anilines is 3. The number of rotatable bonds is 5. The molecule has 0 saturated carbocycles. The first-order valence-electron chi connectivity index (χ1n) is 13.1. The Morgan fingerprint density at radius 1 is 1.24 bits per heavy atom. The number of halogens is 2. The average Bonchev–Trinajstić information content (AvgIpc) is 3.46. The van der Waals surface area contributed by atoms with E-state index in [1.54, 1.807) is 24.4 Å². The van der Waals surface area contributed by atoms with Gasteiger partial charge in [-0.05, 0) is 50.1 Å². The number of imidazole rings is 1. The fourth-order valence-electron chi connectivity index (χ4n) is 4.46. The van der Waals surface area contributed by atoms with Gasteiger partial charge in [-0.3, -0.25) is 19.9 Å². The summed E-state index contributed by atoms with van der Waals surface area (Å²) in [5, 5.41) is 9.26. The summed E-state index contributed by atoms with van der Waals surface area (Å²) in [6, 6.07) is 8.74. The maximum Gasteiger partial charge on any atom is 0.411 e. The van der Waals surface area contributed by atoms with Crippen LogP contribution in [-0.4, -0.2) is 35.0 Å². The van der Waals surface area contributed by atoms with Crippen molar-refractivity contribution >= 4 is 46.6 Å². The molecule has 0 saturated heterocycles. The van der Waals surface area contributed by atoms with Gasteiger partial charge in [-0.2, -0.15) is 0 Å². The Kier molecular flexibility index (Phi) is 9.33. The van der Waals surface area contributed by atoms with Crippen molar-refractivity contribution in [2.24, 2.45) is 17.5 Å². The van der Waals surface area contributed by atoms with Gasteiger partial charge in [0.1, 0.15) is 11.5 Å². The molecule has 222 valence electrons. The van der Waals surface area contributed by atoms with Gasteiger partial charge >= 0.3 is 6.09 Å². The third kappa shape index (κ3) is 6.64. The number of carbonyl (C=O) groups excluding carboxylic acids is 3. The Hall–Kier alpha value is -4.62. The molecule has 42 heavy (non-hydrogen) atoms. The van der Waals surface area contributed by atoms with E-state index in [1.165, 1.54) is 32.2 Å². The van der Waals surface area contributed by atoms with E-state index in [0.29, 0.717) is 47.7 Å². The number of benzene rings is 2. The molecule has 2 atom stereocenters. The van der Waals surface area contributed by atoms with Crippen LogP contribution in [0, 0.1) is 11.7 Å². The molecule has 3 amide bonds. The number of carbonyl (C=O) groups is 3. The number of nitrogens with two attached hydrogens (primary N) is 2. The number of hydrazine groups is 1. The molecule has 0 fully saturated rings. The molecule has 1 aliphatic heterocycles. The quantitative estimate of drug-likeness (QED) is 0.141. The number of H-pyrrole nitrogens is 1. The van der Waals surface area contributed by atoms with Crippen LogP contribution >= 0.6 is 11.6 Å². The molecule has 0 spiro atoms. The number of aromatic nitrogens is 2. The Labute approximate surface area is 246 Å². The summed E-state index contributed by atoms with van der Waals surface area (Å²) in [7, 11) is 1.25. The number of ether oxygens (including phenoxy) is 1. The number of nitrogens with one attached hydrogen (secondary N) is 4. The summed E-state index contributed by atoms with van der Waals surface area (Å²) in [6.07, 6.45) is 2.53. The number of hydrogen-bond acceptors (Lipinski definition) is 8. The van der Waals surface area contributed by atoms with E-state index < -0.39 is 23.9 Å². The predicted octanol–water partition coefficient (Wildman–Crippen LogP) is 4.53. The van der Waals surface area contributed by atoms with Gasteiger partial charge in [0, 0.05) is 17.2 Å². The van der Waals surface area contributed by atoms with E-state index in [9.17, 15) is 18.8 Å². The largest absolute Gasteiger partial charge is 0.453 e. The topological polar surface area (TPSA) is 180 Å². The molecule has 1 aromatic heterocycles. The zero-order chi connectivity index (χ0) is 30.6. The SMILES string of the molecule is COC(=O)Nc1ccc2c(c1)NC(=O)C(C)CCCC(NC(=O)/C(N)=C(\C)N(N)c1cccc(Cl)c1F)c1cnc-2[nH]1. The molecule has 2 aromatic carbocycles. The van der Waals surface area contributed by atoms with Crippen molar-refractivity contribution in [3.8, 4) is 11.4 Å². The molecule has 1 aliphatic rings. The monoisotopic (exact) mass is 598 g/mol. The third-order valence-electron chi connectivity index (χ3n) is 7.00. The van der Waals surface area contributed by atoms with Gasteiger partial charge in [-0.25, -0.2) is 20.0 Å². The Balaban J connectivity index is 1.64. The van der Waals surface area contributed by atoms with Crippen molar-refractivity contribution in [2.75, 3.05) is 22.8 Å². The molecular formula is C28H32ClFN8O4. The lowest BCUT2D eigenvalue weighted by molar-refractivity contribution is -0.120. The minimum atomic E-state index is -0.745. The second-order valence-corrected chi connectivity index (χ2v) is 10.3. The number of amides is 3. The van der Waals surface area contributed by atoms with Crippen LogP contribution in [-0.2, 0) is 14.3 Å². The highest BCUT2D eigenvalue weighted by molar-refractivity contribution is 6.31. The third-order valence-corrected chi connectivity index (χ3v) is 7.30. The summed E-state index contributed by atoms with van der Waals surface area (Å²) in [5.74, 6) is 4.59. The second-order valence-electron chi connectivity index (χ2n) is 9.85. The minimum absolute atomic E-state index is 0.0455. The maximum atomic E-state index is 14.5. The lowest BCUT2D eigenvalue weighted by atomic mass is 9.98. The fourth-order valence-corrected chi connectivity index (χ4v) is 4.63. The summed E-state index contributed by atoms with van der Waals surface area (Å²) >= 11 is 5.88. The highest BCUT2D eigenvalue weighted by Gasteiger charge is 2.25. The molecule has 14 heteroatoms. The molecule has 0 radical (unpaired) electrons. The Morgan fingerprint density at radius 2 is 2.00 bits per heavy atom. The highest BCUT2D eigenvalue weighted by Crippen LogP contribution is 2.32. The first-order chi connectivity index (χ1) is 20.0. The summed E-state index contributed by atoms with van der Waals surface area (Å²) < 4.78 is 19.2. The van der Waals surface area contributed by atoms with E-state index in [2.05, 4.69) is 30.7 Å². The van der Waals surface area contributed by atoms with Gasteiger partial charge in [-0.15, -0.1) is 0 Å². The predicted molar refractivity (Wildman–Crippen MR) is 158 cm³/mol. The Bertz CT molecular complexity index is 1540. The molecule has 2 bridgehead atoms. The highest BCUT2D eigenvalue weighted by atomic mass is 35.5. The first-order valence-corrected chi connectivity index (χ1v) is 13.5. The molecule has 4 rings (SSSR count). The van der Waals surface area contributed by atoms with E-state index in [4.69, 9.17) is 23.2 Å². The van der Waals surface area contributed by atoms with Gasteiger partial charge in [0.15, 0.2) is 5.82 Å². The zero-order valence-corrected chi connectivity index (χ0v) is 24.0. The zero-order valence-electron chi connectivity index (χ0n) is 23.3. The summed E-state index contributed by atoms with van der Waals surface area (Å²) in [5.41, 5.74) is 8.05. The van der Waals surface area contributed by atoms with Crippen LogP contribution in [0.4, 0.5) is 26.2 Å². The van der Waals surface area contributed by atoms with E-state index >= 15 is 0 Å². The van der Waals surface area contributed by atoms with Gasteiger partial charge in [-0.1, -0.05) is 31.0 Å². The van der Waals surface area contributed by atoms with Crippen LogP contribution in [0.3, 0.4) is 0 Å². The van der Waals surface area contributed by atoms with E-state index in [1.807, 2.05) is 6.92 Å². The van der Waals surface area contributed by atoms with Crippen molar-refractivity contribution in [3.63, 3.8) is 0 Å². The van der Waals surface area contributed by atoms with Gasteiger partial charge in [0.05, 0.1) is 47.1 Å². The van der Waals surface area contributed by atoms with Crippen LogP contribution in [0.15, 0.2) is 54.0 Å². The Morgan fingerprint density at radius 3 is 2.74 bits per heavy atom. The molecule has 8 N–H and O–H groups in total. The number of allylic oxidation sites excluding steroid dienone is 1. The van der Waals surface area contributed by atoms with Gasteiger partial charge in [0.2, 0.25) is 5.91 Å². The summed E-state index contributed by atoms with van der Waals surface area (Å²) in [6.45, 7) is 3.30. The summed E-state index contributed by atoms with van der Waals surface area (Å²) in [4.78, 5) is 45.7. The number of aromatic amines is 1. The van der Waals surface area contributed by atoms with Crippen LogP contribution in [0.1, 0.15) is 44.8 Å². The fraction of sp³-hybridized carbons (Fsp3) is 0.286. The molecule has 2 unspecified atom stereocenters. The molecule has 3 aromatic rings. The van der Waals surface area contributed by atoms with Gasteiger partial charge < -0.3 is 26.1 Å². The standard InChI is InChI=1S/C28H32ClFN8O4/c1-14-6-4-8-19(36-27(40)24(31)15(2)38(32)22-9-5-7-18(29)23(22)30)21-13-33-25(35-21)17-11-10-16(34-28(41)42-3)12-20(17)37-26(14)39/h5,7,9-14,19H,4,6,8,31-32H2,1-3H3,(H,33,35)(H,34,41)(H,36,40)(H,37,39)/b24-15-. The van der Waals surface area contributed by atoms with Crippen molar-refractivity contribution in [3.05, 3.63) is 70.5 Å². The molecular weight excluding hydrogens is 567 g/mol. The normalized spacial score (nSPS) is 17.4. The number of fused-ring (bicyclic) bond motifs is 4. The van der Waals surface area contributed by atoms with Crippen LogP contribution < -0.4 is 32.5 Å². The van der Waals surface area contributed by atoms with E-state index in [-0.39, 0.29) is 33.9 Å². The molecule has 12 nitrogen and oxygen atoms in total. The van der Waals surface area contributed by atoms with Crippen LogP contribution in [0.2, 0.25) is 5.02 Å². The number of hydrogen-bond donors (Lipinski definition) is 6. The van der Waals surface area contributed by atoms with Crippen molar-refractivity contribution in [2.45, 2.75) is 39.2 Å². The van der Waals surface area contributed by atoms with Gasteiger partial charge in [0.25, 0.3) is 5.91 Å². The molecule has 0 aliphatic carbocycles. The van der Waals surface area contributed by atoms with Crippen molar-refractivity contribution in [1.29, 1.82) is 0 Å². The lowest BCUT2D eigenvalue weighted by Crippen LogP contribution is -2.38. The second kappa shape index (κ2) is 12.9. The minimum Gasteiger partial charge on any atom is -0.453 e. The molecule has 2 heterocycles. The number of methoxy groups -OCH3 is 1.